The average Bonchev–Trinajstić information content (AvgIpc) is 3.57. The first-order chi connectivity index (χ1) is 21.5. The van der Waals surface area contributed by atoms with Crippen molar-refractivity contribution in [2.45, 2.75) is 45.7 Å². The van der Waals surface area contributed by atoms with Crippen molar-refractivity contribution in [2.24, 2.45) is 5.92 Å². The van der Waals surface area contributed by atoms with E-state index >= 15 is 0 Å². The molecule has 1 unspecified atom stereocenters. The minimum Gasteiger partial charge on any atom is -1.00 e. The fourth-order valence-corrected chi connectivity index (χ4v) is 16.2. The van der Waals surface area contributed by atoms with Crippen LogP contribution in [0, 0.1) is 5.92 Å². The SMILES string of the molecule is CC(C)CC1=Cc2c(-c3c4ccccc4cc4ccccc34)cccc2C1c1[c]([Zr+2][SiH](C)C)ccc2c1Cc1ccccc1-2.[Cl-].[Cl-]. The molecule has 0 bridgehead atoms. The Balaban J connectivity index is 0.00000186. The third kappa shape index (κ3) is 5.60. The standard InChI is InChI=1S/C40H31.C2H7Si.2ClH.Zr/c1-25(2)21-29-24-38-35(39(29)34-18-9-17-33-30-14-6-3-13-28(30)23-37(33)34)19-10-20-36(38)40-31-15-7-4-11-26(31)22-27-12-5-8-16-32(27)40;1-3-2;;;/h3-17,19-20,22,24-25,39H,21,23H2,1-2H3;3H,1-2H3;2*1H;/q;;;;+2/p-2. The normalized spacial score (nSPS) is 14.4. The predicted octanol–water partition coefficient (Wildman–Crippen LogP) is 4.51. The number of hydrogen-bond donors (Lipinski definition) is 0. The Bertz CT molecular complexity index is 2070. The van der Waals surface area contributed by atoms with Gasteiger partial charge >= 0.3 is 276 Å². The second-order valence-electron chi connectivity index (χ2n) is 13.4. The Morgan fingerprint density at radius 2 is 1.37 bits per heavy atom. The van der Waals surface area contributed by atoms with Crippen LogP contribution in [0.1, 0.15) is 54.0 Å². The summed E-state index contributed by atoms with van der Waals surface area (Å²) in [7, 11) is 0. The molecule has 0 aliphatic heterocycles. The molecular weight excluding hydrogens is 695 g/mol. The molecule has 228 valence electrons. The largest absolute Gasteiger partial charge is 1.00 e. The van der Waals surface area contributed by atoms with Crippen LogP contribution >= 0.6 is 0 Å². The third-order valence-corrected chi connectivity index (χ3v) is 18.1. The molecule has 0 saturated carbocycles. The molecule has 2 aliphatic rings. The molecular formula is C42H38Cl2SiZr. The Hall–Kier alpha value is -2.74. The minimum absolute atomic E-state index is 0. The number of halogens is 2. The summed E-state index contributed by atoms with van der Waals surface area (Å²) in [5, 5.41) is 5.32. The van der Waals surface area contributed by atoms with Gasteiger partial charge in [0.2, 0.25) is 0 Å². The van der Waals surface area contributed by atoms with Gasteiger partial charge in [-0.05, 0) is 0 Å². The fourth-order valence-electron chi connectivity index (χ4n) is 7.98. The van der Waals surface area contributed by atoms with Crippen LogP contribution in [0.2, 0.25) is 13.1 Å². The van der Waals surface area contributed by atoms with Gasteiger partial charge in [-0.15, -0.1) is 0 Å². The van der Waals surface area contributed by atoms with E-state index in [1.54, 1.807) is 20.0 Å². The first-order valence-electron chi connectivity index (χ1n) is 16.2. The molecule has 0 aromatic heterocycles. The summed E-state index contributed by atoms with van der Waals surface area (Å²) in [5.41, 5.74) is 15.1. The van der Waals surface area contributed by atoms with Crippen molar-refractivity contribution in [1.29, 1.82) is 0 Å². The van der Waals surface area contributed by atoms with Gasteiger partial charge in [-0.2, -0.15) is 0 Å². The summed E-state index contributed by atoms with van der Waals surface area (Å²) in [5.74, 6) is 0.286. The average molecular weight is 733 g/mol. The van der Waals surface area contributed by atoms with Crippen LogP contribution in [0.15, 0.2) is 115 Å². The molecule has 0 nitrogen and oxygen atoms in total. The monoisotopic (exact) mass is 730 g/mol. The maximum Gasteiger partial charge on any atom is -1.00 e. The van der Waals surface area contributed by atoms with Crippen LogP contribution in [0.5, 0.6) is 0 Å². The van der Waals surface area contributed by atoms with Gasteiger partial charge < -0.3 is 24.8 Å². The van der Waals surface area contributed by atoms with E-state index in [9.17, 15) is 0 Å². The second-order valence-corrected chi connectivity index (χ2v) is 28.0. The molecule has 6 aromatic carbocycles. The number of fused-ring (bicyclic) bond motifs is 6. The van der Waals surface area contributed by atoms with Crippen molar-refractivity contribution in [1.82, 2.24) is 0 Å². The van der Waals surface area contributed by atoms with Gasteiger partial charge in [0, 0.05) is 0 Å². The number of benzene rings is 6. The van der Waals surface area contributed by atoms with Crippen LogP contribution in [0.4, 0.5) is 0 Å². The molecule has 0 heterocycles. The summed E-state index contributed by atoms with van der Waals surface area (Å²) in [6.45, 7) is 9.94. The second kappa shape index (κ2) is 13.4. The molecule has 0 radical (unpaired) electrons. The van der Waals surface area contributed by atoms with Crippen LogP contribution in [-0.2, 0) is 28.8 Å². The van der Waals surface area contributed by atoms with Crippen LogP contribution in [0.25, 0.3) is 49.9 Å². The molecule has 0 amide bonds. The van der Waals surface area contributed by atoms with E-state index in [0.717, 1.165) is 12.8 Å². The summed E-state index contributed by atoms with van der Waals surface area (Å²) in [6, 6.07) is 41.7. The fraction of sp³-hybridized carbons (Fsp3) is 0.190. The van der Waals surface area contributed by atoms with Crippen molar-refractivity contribution >= 4 is 36.8 Å². The van der Waals surface area contributed by atoms with E-state index in [1.807, 2.05) is 0 Å². The zero-order chi connectivity index (χ0) is 29.9. The summed E-state index contributed by atoms with van der Waals surface area (Å²) in [4.78, 5) is 0. The summed E-state index contributed by atoms with van der Waals surface area (Å²) in [6.07, 6.45) is 4.83. The van der Waals surface area contributed by atoms with Gasteiger partial charge in [0.15, 0.2) is 0 Å². The van der Waals surface area contributed by atoms with Crippen molar-refractivity contribution in [3.8, 4) is 22.3 Å². The molecule has 46 heavy (non-hydrogen) atoms. The van der Waals surface area contributed by atoms with Gasteiger partial charge in [-0.25, -0.2) is 0 Å². The van der Waals surface area contributed by atoms with Gasteiger partial charge in [-0.3, -0.25) is 0 Å². The molecule has 8 rings (SSSR count). The molecule has 0 N–H and O–H groups in total. The smallest absolute Gasteiger partial charge is 1.00 e. The number of allylic oxidation sites excluding steroid dienone is 1. The van der Waals surface area contributed by atoms with E-state index < -0.39 is 28.3 Å². The molecule has 1 atom stereocenters. The minimum atomic E-state index is -0.670. The molecule has 6 aromatic rings. The Morgan fingerprint density at radius 3 is 2.07 bits per heavy atom. The molecule has 4 heteroatoms. The van der Waals surface area contributed by atoms with Gasteiger partial charge in [0.05, 0.1) is 0 Å². The maximum atomic E-state index is 2.62. The van der Waals surface area contributed by atoms with Crippen molar-refractivity contribution < 1.29 is 47.2 Å². The van der Waals surface area contributed by atoms with Crippen LogP contribution < -0.4 is 28.1 Å². The molecule has 0 saturated heterocycles. The summed E-state index contributed by atoms with van der Waals surface area (Å²) >= 11 is -0.643. The van der Waals surface area contributed by atoms with Gasteiger partial charge in [0.25, 0.3) is 0 Å². The summed E-state index contributed by atoms with van der Waals surface area (Å²) < 4.78 is 1.76. The third-order valence-electron chi connectivity index (χ3n) is 9.60. The van der Waals surface area contributed by atoms with E-state index in [0.29, 0.717) is 11.8 Å². The molecule has 2 aliphatic carbocycles. The van der Waals surface area contributed by atoms with Gasteiger partial charge in [0.1, 0.15) is 0 Å². The molecule has 0 spiro atoms. The van der Waals surface area contributed by atoms with Gasteiger partial charge in [-0.1, -0.05) is 0 Å². The van der Waals surface area contributed by atoms with E-state index in [4.69, 9.17) is 0 Å². The van der Waals surface area contributed by atoms with Crippen molar-refractivity contribution in [3.63, 3.8) is 0 Å². The van der Waals surface area contributed by atoms with E-state index in [2.05, 4.69) is 142 Å². The van der Waals surface area contributed by atoms with Crippen LogP contribution in [-0.4, -0.2) is 5.92 Å². The quantitative estimate of drug-likeness (QED) is 0.175. The van der Waals surface area contributed by atoms with Crippen LogP contribution in [0.3, 0.4) is 0 Å². The zero-order valence-electron chi connectivity index (χ0n) is 26.9. The topological polar surface area (TPSA) is 0 Å². The predicted molar refractivity (Wildman–Crippen MR) is 189 cm³/mol. The van der Waals surface area contributed by atoms with E-state index in [-0.39, 0.29) is 24.8 Å². The number of rotatable bonds is 6. The first kappa shape index (κ1) is 33.2. The Kier molecular flexibility index (Phi) is 9.67. The van der Waals surface area contributed by atoms with E-state index in [1.165, 1.54) is 60.5 Å². The first-order valence-corrected chi connectivity index (χ1v) is 24.6. The van der Waals surface area contributed by atoms with Crippen molar-refractivity contribution in [2.75, 3.05) is 0 Å². The molecule has 0 fully saturated rings. The maximum absolute atomic E-state index is 2.62. The number of hydrogen-bond acceptors (Lipinski definition) is 0. The Morgan fingerprint density at radius 1 is 0.717 bits per heavy atom. The van der Waals surface area contributed by atoms with Crippen molar-refractivity contribution in [3.05, 3.63) is 143 Å². The Labute approximate surface area is 298 Å². The zero-order valence-corrected chi connectivity index (χ0v) is 32.0.